The average Bonchev–Trinajstić information content (AvgIpc) is 3.17. The smallest absolute Gasteiger partial charge is 0.212 e. The molecule has 0 radical (unpaired) electrons. The summed E-state index contributed by atoms with van der Waals surface area (Å²) in [6.45, 7) is 8.99. The van der Waals surface area contributed by atoms with E-state index in [1.165, 1.54) is 0 Å². The fraction of sp³-hybridized carbons (Fsp3) is 0.378. The van der Waals surface area contributed by atoms with Crippen LogP contribution in [0, 0.1) is 64.1 Å². The van der Waals surface area contributed by atoms with Crippen molar-refractivity contribution in [2.75, 3.05) is 5.75 Å². The molecule has 53 heavy (non-hydrogen) atoms. The zero-order chi connectivity index (χ0) is 37.5. The second kappa shape index (κ2) is 16.8. The molecule has 2 aliphatic rings. The van der Waals surface area contributed by atoms with E-state index in [2.05, 4.69) is 72.8 Å². The molecule has 2 aliphatic carbocycles. The maximum Gasteiger partial charge on any atom is 0.212 e. The summed E-state index contributed by atoms with van der Waals surface area (Å²) in [4.78, 5) is 9.31. The quantitative estimate of drug-likeness (QED) is 0.174. The van der Waals surface area contributed by atoms with Gasteiger partial charge in [-0.2, -0.15) is 10.5 Å². The van der Waals surface area contributed by atoms with Gasteiger partial charge in [0.25, 0.3) is 0 Å². The van der Waals surface area contributed by atoms with Crippen LogP contribution in [0.15, 0.2) is 97.3 Å². The Balaban J connectivity index is 1.10. The van der Waals surface area contributed by atoms with Gasteiger partial charge in [0.1, 0.15) is 0 Å². The van der Waals surface area contributed by atoms with Crippen LogP contribution >= 0.6 is 0 Å². The number of nitriles is 2. The van der Waals surface area contributed by atoms with E-state index in [4.69, 9.17) is 0 Å². The van der Waals surface area contributed by atoms with Crippen molar-refractivity contribution in [1.29, 1.82) is 10.5 Å². The van der Waals surface area contributed by atoms with E-state index in [0.717, 1.165) is 59.3 Å². The molecule has 0 bridgehead atoms. The molecule has 0 saturated heterocycles. The predicted molar refractivity (Wildman–Crippen MR) is 213 cm³/mol. The number of benzene rings is 2. The lowest BCUT2D eigenvalue weighted by atomic mass is 9.69. The molecule has 272 valence electrons. The van der Waals surface area contributed by atoms with Crippen LogP contribution < -0.4 is 4.72 Å². The van der Waals surface area contributed by atoms with Gasteiger partial charge in [0, 0.05) is 40.7 Å². The van der Waals surface area contributed by atoms with Crippen LogP contribution in [0.25, 0.3) is 34.4 Å². The third-order valence-electron chi connectivity index (χ3n) is 11.9. The largest absolute Gasteiger partial charge is 0.256 e. The molecule has 2 aromatic carbocycles. The fourth-order valence-corrected chi connectivity index (χ4v) is 10.1. The molecule has 0 amide bonds. The summed E-state index contributed by atoms with van der Waals surface area (Å²) in [5.74, 6) is 2.10. The molecule has 2 fully saturated rings. The first-order valence-corrected chi connectivity index (χ1v) is 20.5. The molecule has 2 saturated carbocycles. The van der Waals surface area contributed by atoms with E-state index in [0.29, 0.717) is 34.8 Å². The Morgan fingerprint density at radius 1 is 0.717 bits per heavy atom. The van der Waals surface area contributed by atoms with E-state index in [1.54, 1.807) is 12.3 Å². The van der Waals surface area contributed by atoms with Crippen molar-refractivity contribution >= 4 is 22.2 Å². The molecule has 4 aromatic rings. The van der Waals surface area contributed by atoms with Crippen LogP contribution in [-0.4, -0.2) is 30.2 Å². The van der Waals surface area contributed by atoms with Gasteiger partial charge in [-0.25, -0.2) is 13.1 Å². The van der Waals surface area contributed by atoms with Crippen molar-refractivity contribution in [2.24, 2.45) is 41.4 Å². The number of nitrogens with one attached hydrogen (secondary N) is 1. The minimum atomic E-state index is -3.53. The first-order chi connectivity index (χ1) is 25.5. The van der Waals surface area contributed by atoms with E-state index in [9.17, 15) is 18.9 Å². The Hall–Kier alpha value is -4.89. The van der Waals surface area contributed by atoms with Crippen molar-refractivity contribution in [2.45, 2.75) is 59.4 Å². The van der Waals surface area contributed by atoms with E-state index >= 15 is 0 Å². The van der Waals surface area contributed by atoms with Crippen LogP contribution in [0.2, 0.25) is 0 Å². The highest BCUT2D eigenvalue weighted by molar-refractivity contribution is 7.89. The number of pyridine rings is 2. The Bertz CT molecular complexity index is 2130. The van der Waals surface area contributed by atoms with Crippen LogP contribution in [0.4, 0.5) is 0 Å². The summed E-state index contributed by atoms with van der Waals surface area (Å²) in [5.41, 5.74) is 6.39. The van der Waals surface area contributed by atoms with Crippen LogP contribution in [0.5, 0.6) is 0 Å². The summed E-state index contributed by atoms with van der Waals surface area (Å²) in [7, 11) is -3.53. The van der Waals surface area contributed by atoms with Crippen LogP contribution in [0.1, 0.15) is 75.9 Å². The Morgan fingerprint density at radius 3 is 1.83 bits per heavy atom. The molecule has 2 aromatic heterocycles. The average molecular weight is 724 g/mol. The first kappa shape index (κ1) is 37.9. The highest BCUT2D eigenvalue weighted by Crippen LogP contribution is 2.40. The van der Waals surface area contributed by atoms with Crippen molar-refractivity contribution in [3.8, 4) is 34.4 Å². The van der Waals surface area contributed by atoms with Crippen LogP contribution in [-0.2, 0) is 10.0 Å². The lowest BCUT2D eigenvalue weighted by molar-refractivity contribution is 0.169. The van der Waals surface area contributed by atoms with E-state index in [-0.39, 0.29) is 29.5 Å². The third kappa shape index (κ3) is 9.19. The summed E-state index contributed by atoms with van der Waals surface area (Å²) >= 11 is 0. The number of hydrogen-bond donors (Lipinski definition) is 1. The van der Waals surface area contributed by atoms with Gasteiger partial charge in [0.05, 0.1) is 40.4 Å². The minimum absolute atomic E-state index is 0.0440. The molecule has 1 N–H and O–H groups in total. The number of allylic oxidation sites excluding steroid dienone is 1. The molecule has 0 spiro atoms. The summed E-state index contributed by atoms with van der Waals surface area (Å²) < 4.78 is 30.9. The summed E-state index contributed by atoms with van der Waals surface area (Å²) in [6.07, 6.45) is 15.5. The lowest BCUT2D eigenvalue weighted by Gasteiger charge is -2.40. The van der Waals surface area contributed by atoms with Gasteiger partial charge < -0.3 is 0 Å². The van der Waals surface area contributed by atoms with Gasteiger partial charge in [0.15, 0.2) is 0 Å². The molecule has 6 rings (SSSR count). The van der Waals surface area contributed by atoms with Crippen LogP contribution in [0.3, 0.4) is 0 Å². The van der Waals surface area contributed by atoms with Crippen molar-refractivity contribution < 1.29 is 8.42 Å². The minimum Gasteiger partial charge on any atom is -0.256 e. The van der Waals surface area contributed by atoms with Crippen molar-refractivity contribution in [3.05, 3.63) is 120 Å². The van der Waals surface area contributed by atoms with Gasteiger partial charge in [0.2, 0.25) is 10.0 Å². The topological polar surface area (TPSA) is 120 Å². The monoisotopic (exact) mass is 723 g/mol. The first-order valence-electron chi connectivity index (χ1n) is 18.8. The third-order valence-corrected chi connectivity index (χ3v) is 13.4. The normalized spacial score (nSPS) is 26.3. The molecule has 8 heteroatoms. The lowest BCUT2D eigenvalue weighted by Crippen LogP contribution is -2.47. The maximum absolute atomic E-state index is 13.8. The van der Waals surface area contributed by atoms with Gasteiger partial charge in [-0.1, -0.05) is 88.4 Å². The molecule has 1 unspecified atom stereocenters. The van der Waals surface area contributed by atoms with Crippen molar-refractivity contribution in [1.82, 2.24) is 14.7 Å². The standard InChI is InChI=1S/C45H49N5O2S/c1-30-13-22-45(42(33(30)4)21-20-41-19-16-39(28-49-41)44-12-8-6-10-37(44)26-47)50-53(51,52)29-34-23-31(2)32(3)35(24-34)14-17-40-18-15-38(27-48-40)43-11-7-5-9-36(43)25-46/h5-12,14-21,27-28,30-35,42,45,50H,13,22-24,29H2,1-4H3/b17-14+,21-20+/t30-,31-,32+,33+,34?,35+,42-,45+/m0/s1. The van der Waals surface area contributed by atoms with Gasteiger partial charge in [-0.3, -0.25) is 9.97 Å². The Kier molecular flexibility index (Phi) is 12.0. The molecule has 8 atom stereocenters. The second-order valence-electron chi connectivity index (χ2n) is 15.3. The predicted octanol–water partition coefficient (Wildman–Crippen LogP) is 9.55. The number of hydrogen-bond acceptors (Lipinski definition) is 6. The van der Waals surface area contributed by atoms with Crippen molar-refractivity contribution in [3.63, 3.8) is 0 Å². The zero-order valence-corrected chi connectivity index (χ0v) is 31.9. The Labute approximate surface area is 315 Å². The number of sulfonamides is 1. The Morgan fingerprint density at radius 2 is 1.28 bits per heavy atom. The summed E-state index contributed by atoms with van der Waals surface area (Å²) in [5, 5.41) is 19.0. The van der Waals surface area contributed by atoms with Gasteiger partial charge >= 0.3 is 0 Å². The molecular formula is C45H49N5O2S. The highest BCUT2D eigenvalue weighted by atomic mass is 32.2. The van der Waals surface area contributed by atoms with E-state index in [1.807, 2.05) is 79.0 Å². The fourth-order valence-electron chi connectivity index (χ4n) is 8.35. The second-order valence-corrected chi connectivity index (χ2v) is 17.1. The molecular weight excluding hydrogens is 675 g/mol. The maximum atomic E-state index is 13.8. The molecule has 0 aliphatic heterocycles. The molecule has 7 nitrogen and oxygen atoms in total. The van der Waals surface area contributed by atoms with Gasteiger partial charge in [-0.15, -0.1) is 0 Å². The van der Waals surface area contributed by atoms with E-state index < -0.39 is 10.0 Å². The van der Waals surface area contributed by atoms with Gasteiger partial charge in [-0.05, 0) is 104 Å². The highest BCUT2D eigenvalue weighted by Gasteiger charge is 2.38. The number of aromatic nitrogens is 2. The molecule has 2 heterocycles. The summed E-state index contributed by atoms with van der Waals surface area (Å²) in [6, 6.07) is 27.3. The zero-order valence-electron chi connectivity index (χ0n) is 31.1. The SMILES string of the molecule is C[C@H]1[C@H](/C=C/c2ccc(-c3ccccc3C#N)cn2)[C@H](NS(=O)(=O)CC2C[C@@H](/C=C/c3ccc(-c4ccccc4C#N)cn3)[C@H](C)[C@@H](C)C2)CC[C@@H]1C. The number of rotatable bonds is 10. The number of nitrogens with zero attached hydrogens (tertiary/aromatic N) is 4.